The molecule has 0 saturated carbocycles. The number of hydrogen-bond donors (Lipinski definition) is 1. The molecule has 0 aliphatic rings. The van der Waals surface area contributed by atoms with Crippen LogP contribution in [0.4, 0.5) is 0 Å². The largest absolute Gasteiger partial charge is 0.373 e. The molecule has 0 atom stereocenters. The molecule has 1 aromatic carbocycles. The van der Waals surface area contributed by atoms with Crippen LogP contribution in [0.2, 0.25) is 5.02 Å². The third-order valence-electron chi connectivity index (χ3n) is 1.89. The molecular formula is C9H9ClO3. The predicted molar refractivity (Wildman–Crippen MR) is 49.0 cm³/mol. The molecule has 0 saturated heterocycles. The molecule has 0 unspecified atom stereocenters. The molecule has 0 aliphatic heterocycles. The highest BCUT2D eigenvalue weighted by molar-refractivity contribution is 6.31. The maximum atomic E-state index is 11.1. The number of aryl methyl sites for hydroxylation is 1. The molecule has 0 radical (unpaired) electrons. The molecule has 0 bridgehead atoms. The van der Waals surface area contributed by atoms with Gasteiger partial charge in [-0.1, -0.05) is 17.7 Å². The Morgan fingerprint density at radius 2 is 2.08 bits per heavy atom. The van der Waals surface area contributed by atoms with Gasteiger partial charge in [-0.2, -0.15) is 5.26 Å². The number of hydrogen-bond acceptors (Lipinski definition) is 3. The first-order chi connectivity index (χ1) is 6.07. The Kier molecular flexibility index (Phi) is 2.90. The lowest BCUT2D eigenvalue weighted by atomic mass is 10.0. The molecular weight excluding hydrogens is 192 g/mol. The van der Waals surface area contributed by atoms with Gasteiger partial charge < -0.3 is 0 Å². The van der Waals surface area contributed by atoms with Gasteiger partial charge in [0.25, 0.3) is 0 Å². The topological polar surface area (TPSA) is 46.5 Å². The normalized spacial score (nSPS) is 9.85. The van der Waals surface area contributed by atoms with Crippen LogP contribution in [-0.4, -0.2) is 11.2 Å². The summed E-state index contributed by atoms with van der Waals surface area (Å²) in [6, 6.07) is 3.39. The number of carbonyl (C=O) groups is 1. The van der Waals surface area contributed by atoms with Crippen molar-refractivity contribution in [2.24, 2.45) is 0 Å². The fourth-order valence-corrected chi connectivity index (χ4v) is 1.34. The Morgan fingerprint density at radius 1 is 1.46 bits per heavy atom. The third-order valence-corrected chi connectivity index (χ3v) is 2.30. The van der Waals surface area contributed by atoms with Crippen LogP contribution < -0.4 is 0 Å². The van der Waals surface area contributed by atoms with Crippen LogP contribution >= 0.6 is 11.6 Å². The van der Waals surface area contributed by atoms with Crippen molar-refractivity contribution in [1.82, 2.24) is 0 Å². The zero-order valence-electron chi connectivity index (χ0n) is 7.30. The van der Waals surface area contributed by atoms with E-state index in [-0.39, 0.29) is 0 Å². The molecule has 0 heterocycles. The fraction of sp³-hybridized carbons (Fsp3) is 0.222. The van der Waals surface area contributed by atoms with E-state index >= 15 is 0 Å². The molecule has 0 aliphatic carbocycles. The van der Waals surface area contributed by atoms with Crippen molar-refractivity contribution in [3.63, 3.8) is 0 Å². The van der Waals surface area contributed by atoms with Gasteiger partial charge in [0.05, 0.1) is 5.56 Å². The van der Waals surface area contributed by atoms with Crippen molar-refractivity contribution in [2.45, 2.75) is 13.8 Å². The second-order valence-corrected chi connectivity index (χ2v) is 3.15. The quantitative estimate of drug-likeness (QED) is 0.560. The average Bonchev–Trinajstić information content (AvgIpc) is 2.12. The van der Waals surface area contributed by atoms with E-state index in [2.05, 4.69) is 4.89 Å². The Hall–Kier alpha value is -1.06. The Labute approximate surface area is 80.8 Å². The lowest BCUT2D eigenvalue weighted by Crippen LogP contribution is -2.06. The van der Waals surface area contributed by atoms with Crippen LogP contribution in [0, 0.1) is 13.8 Å². The maximum absolute atomic E-state index is 11.1. The van der Waals surface area contributed by atoms with E-state index in [1.165, 1.54) is 0 Å². The molecule has 1 N–H and O–H groups in total. The Morgan fingerprint density at radius 3 is 2.62 bits per heavy atom. The first-order valence-corrected chi connectivity index (χ1v) is 4.07. The summed E-state index contributed by atoms with van der Waals surface area (Å²) in [4.78, 5) is 14.7. The SMILES string of the molecule is Cc1ccc(Cl)c(C)c1C(=O)OO. The molecule has 3 nitrogen and oxygen atoms in total. The van der Waals surface area contributed by atoms with Crippen molar-refractivity contribution < 1.29 is 14.9 Å². The van der Waals surface area contributed by atoms with E-state index in [1.807, 2.05) is 0 Å². The summed E-state index contributed by atoms with van der Waals surface area (Å²) < 4.78 is 0. The van der Waals surface area contributed by atoms with Crippen molar-refractivity contribution in [2.75, 3.05) is 0 Å². The minimum absolute atomic E-state index is 0.315. The second kappa shape index (κ2) is 3.77. The average molecular weight is 201 g/mol. The minimum atomic E-state index is -0.780. The van der Waals surface area contributed by atoms with Gasteiger partial charge >= 0.3 is 5.97 Å². The molecule has 1 aromatic rings. The standard InChI is InChI=1S/C9H9ClO3/c1-5-3-4-7(10)6(2)8(5)9(11)13-12/h3-4,12H,1-2H3. The van der Waals surface area contributed by atoms with Crippen molar-refractivity contribution >= 4 is 17.6 Å². The van der Waals surface area contributed by atoms with Crippen molar-refractivity contribution in [3.8, 4) is 0 Å². The molecule has 13 heavy (non-hydrogen) atoms. The van der Waals surface area contributed by atoms with Gasteiger partial charge in [-0.15, -0.1) is 0 Å². The lowest BCUT2D eigenvalue weighted by Gasteiger charge is -2.07. The predicted octanol–water partition coefficient (Wildman–Crippen LogP) is 2.59. The minimum Gasteiger partial charge on any atom is -0.295 e. The summed E-state index contributed by atoms with van der Waals surface area (Å²) in [5.41, 5.74) is 1.65. The zero-order valence-corrected chi connectivity index (χ0v) is 8.05. The Balaban J connectivity index is 3.33. The Bertz CT molecular complexity index is 347. The third kappa shape index (κ3) is 1.82. The molecule has 70 valence electrons. The first-order valence-electron chi connectivity index (χ1n) is 3.69. The highest BCUT2D eigenvalue weighted by Gasteiger charge is 2.15. The van der Waals surface area contributed by atoms with Gasteiger partial charge in [-0.3, -0.25) is 4.89 Å². The van der Waals surface area contributed by atoms with Gasteiger partial charge in [0, 0.05) is 5.02 Å². The zero-order chi connectivity index (χ0) is 10.0. The highest BCUT2D eigenvalue weighted by Crippen LogP contribution is 2.22. The van der Waals surface area contributed by atoms with Gasteiger partial charge in [0.15, 0.2) is 0 Å². The second-order valence-electron chi connectivity index (χ2n) is 2.74. The summed E-state index contributed by atoms with van der Waals surface area (Å²) in [5.74, 6) is -0.780. The van der Waals surface area contributed by atoms with Crippen molar-refractivity contribution in [3.05, 3.63) is 33.8 Å². The molecule has 0 spiro atoms. The fourth-order valence-electron chi connectivity index (χ4n) is 1.18. The van der Waals surface area contributed by atoms with E-state index in [4.69, 9.17) is 16.9 Å². The van der Waals surface area contributed by atoms with Crippen molar-refractivity contribution in [1.29, 1.82) is 0 Å². The maximum Gasteiger partial charge on any atom is 0.373 e. The summed E-state index contributed by atoms with van der Waals surface area (Å²) in [7, 11) is 0. The highest BCUT2D eigenvalue weighted by atomic mass is 35.5. The lowest BCUT2D eigenvalue weighted by molar-refractivity contribution is -0.182. The summed E-state index contributed by atoms with van der Waals surface area (Å²) >= 11 is 5.80. The van der Waals surface area contributed by atoms with E-state index in [1.54, 1.807) is 26.0 Å². The summed E-state index contributed by atoms with van der Waals surface area (Å²) in [6.07, 6.45) is 0. The monoisotopic (exact) mass is 200 g/mol. The molecule has 0 aromatic heterocycles. The number of benzene rings is 1. The van der Waals surface area contributed by atoms with E-state index in [0.29, 0.717) is 16.1 Å². The van der Waals surface area contributed by atoms with E-state index in [9.17, 15) is 4.79 Å². The van der Waals surface area contributed by atoms with Crippen LogP contribution in [0.1, 0.15) is 21.5 Å². The van der Waals surface area contributed by atoms with Crippen LogP contribution in [0.25, 0.3) is 0 Å². The smallest absolute Gasteiger partial charge is 0.295 e. The van der Waals surface area contributed by atoms with Crippen LogP contribution in [-0.2, 0) is 4.89 Å². The summed E-state index contributed by atoms with van der Waals surface area (Å²) in [6.45, 7) is 3.44. The van der Waals surface area contributed by atoms with Gasteiger partial charge in [0.2, 0.25) is 0 Å². The van der Waals surface area contributed by atoms with Gasteiger partial charge in [-0.05, 0) is 31.0 Å². The number of halogens is 1. The molecule has 1 rings (SSSR count). The van der Waals surface area contributed by atoms with E-state index < -0.39 is 5.97 Å². The number of carbonyl (C=O) groups excluding carboxylic acids is 1. The van der Waals surface area contributed by atoms with Gasteiger partial charge in [0.1, 0.15) is 0 Å². The van der Waals surface area contributed by atoms with E-state index in [0.717, 1.165) is 5.56 Å². The van der Waals surface area contributed by atoms with Crippen LogP contribution in [0.3, 0.4) is 0 Å². The van der Waals surface area contributed by atoms with Gasteiger partial charge in [-0.25, -0.2) is 4.79 Å². The van der Waals surface area contributed by atoms with Crippen LogP contribution in [0.5, 0.6) is 0 Å². The summed E-state index contributed by atoms with van der Waals surface area (Å²) in [5, 5.41) is 8.71. The molecule has 0 amide bonds. The first kappa shape index (κ1) is 10.0. The molecule has 4 heteroatoms. The van der Waals surface area contributed by atoms with Crippen LogP contribution in [0.15, 0.2) is 12.1 Å². The molecule has 0 fully saturated rings. The number of rotatable bonds is 1.